The summed E-state index contributed by atoms with van der Waals surface area (Å²) in [7, 11) is 0. The van der Waals surface area contributed by atoms with Gasteiger partial charge in [-0.3, -0.25) is 4.79 Å². The first kappa shape index (κ1) is 15.0. The lowest BCUT2D eigenvalue weighted by Gasteiger charge is -2.13. The molecule has 0 radical (unpaired) electrons. The van der Waals surface area contributed by atoms with Gasteiger partial charge in [0, 0.05) is 6.04 Å². The van der Waals surface area contributed by atoms with Crippen LogP contribution in [0.1, 0.15) is 61.3 Å². The van der Waals surface area contributed by atoms with Gasteiger partial charge in [0.05, 0.1) is 5.69 Å². The molecule has 0 bridgehead atoms. The summed E-state index contributed by atoms with van der Waals surface area (Å²) >= 11 is 1.25. The number of carbonyl (C=O) groups excluding carboxylic acids is 1. The zero-order chi connectivity index (χ0) is 13.5. The second kappa shape index (κ2) is 7.36. The molecule has 1 unspecified atom stereocenters. The van der Waals surface area contributed by atoms with Gasteiger partial charge in [-0.2, -0.15) is 0 Å². The molecule has 1 aromatic heterocycles. The number of aromatic nitrogens is 1. The molecule has 3 N–H and O–H groups in total. The summed E-state index contributed by atoms with van der Waals surface area (Å²) < 4.78 is 0. The van der Waals surface area contributed by atoms with Gasteiger partial charge in [-0.1, -0.05) is 43.9 Å². The first-order chi connectivity index (χ1) is 8.54. The highest BCUT2D eigenvalue weighted by Gasteiger charge is 2.15. The predicted molar refractivity (Wildman–Crippen MR) is 77.0 cm³/mol. The molecule has 102 valence electrons. The number of unbranched alkanes of at least 4 members (excludes halogenated alkanes) is 3. The van der Waals surface area contributed by atoms with Crippen LogP contribution < -0.4 is 11.1 Å². The second-order valence-electron chi connectivity index (χ2n) is 4.69. The summed E-state index contributed by atoms with van der Waals surface area (Å²) in [5, 5.41) is 3.46. The number of anilines is 1. The number of thiazole rings is 1. The third-order valence-electron chi connectivity index (χ3n) is 2.89. The predicted octanol–water partition coefficient (Wildman–Crippen LogP) is 3.12. The summed E-state index contributed by atoms with van der Waals surface area (Å²) in [6.45, 7) is 6.05. The molecule has 0 aliphatic carbocycles. The molecule has 1 rings (SSSR count). The van der Waals surface area contributed by atoms with E-state index in [1.165, 1.54) is 37.0 Å². The second-order valence-corrected chi connectivity index (χ2v) is 5.72. The Morgan fingerprint density at radius 2 is 2.17 bits per heavy atom. The van der Waals surface area contributed by atoms with Gasteiger partial charge in [-0.05, 0) is 20.3 Å². The highest BCUT2D eigenvalue weighted by atomic mass is 32.1. The molecule has 0 fully saturated rings. The number of nitrogens with two attached hydrogens (primary N) is 1. The van der Waals surface area contributed by atoms with Crippen LogP contribution in [0.4, 0.5) is 5.13 Å². The Kier molecular flexibility index (Phi) is 6.12. The monoisotopic (exact) mass is 269 g/mol. The molecule has 1 aromatic rings. The lowest BCUT2D eigenvalue weighted by molar-refractivity contribution is 0.0941. The number of carbonyl (C=O) groups is 1. The summed E-state index contributed by atoms with van der Waals surface area (Å²) in [5.74, 6) is -0.0512. The third kappa shape index (κ3) is 4.64. The van der Waals surface area contributed by atoms with Gasteiger partial charge >= 0.3 is 0 Å². The molecule has 0 saturated carbocycles. The highest BCUT2D eigenvalue weighted by Crippen LogP contribution is 2.19. The van der Waals surface area contributed by atoms with Crippen LogP contribution >= 0.6 is 11.3 Å². The largest absolute Gasteiger partial charge is 0.375 e. The third-order valence-corrected chi connectivity index (χ3v) is 3.87. The van der Waals surface area contributed by atoms with Gasteiger partial charge in [-0.25, -0.2) is 4.98 Å². The summed E-state index contributed by atoms with van der Waals surface area (Å²) in [4.78, 5) is 16.7. The molecule has 0 aliphatic rings. The Balaban J connectivity index is 2.37. The molecule has 5 heteroatoms. The van der Waals surface area contributed by atoms with Gasteiger partial charge in [0.2, 0.25) is 0 Å². The lowest BCUT2D eigenvalue weighted by atomic mass is 10.1. The average molecular weight is 269 g/mol. The average Bonchev–Trinajstić information content (AvgIpc) is 2.64. The zero-order valence-electron chi connectivity index (χ0n) is 11.5. The first-order valence-electron chi connectivity index (χ1n) is 6.58. The van der Waals surface area contributed by atoms with E-state index in [9.17, 15) is 4.79 Å². The van der Waals surface area contributed by atoms with Crippen LogP contribution in [0.15, 0.2) is 0 Å². The minimum atomic E-state index is -0.0512. The number of hydrogen-bond donors (Lipinski definition) is 2. The quantitative estimate of drug-likeness (QED) is 0.747. The normalized spacial score (nSPS) is 12.4. The smallest absolute Gasteiger partial charge is 0.263 e. The molecule has 1 amide bonds. The van der Waals surface area contributed by atoms with Gasteiger partial charge < -0.3 is 11.1 Å². The Labute approximate surface area is 113 Å². The fourth-order valence-electron chi connectivity index (χ4n) is 1.87. The SMILES string of the molecule is CCCCCCC(C)NC(=O)c1sc(N)nc1C. The number of rotatable bonds is 7. The van der Waals surface area contributed by atoms with Crippen molar-refractivity contribution >= 4 is 22.4 Å². The molecule has 0 saturated heterocycles. The lowest BCUT2D eigenvalue weighted by Crippen LogP contribution is -2.32. The number of aryl methyl sites for hydroxylation is 1. The Hall–Kier alpha value is -1.10. The van der Waals surface area contributed by atoms with Gasteiger partial charge in [0.25, 0.3) is 5.91 Å². The standard InChI is InChI=1S/C13H23N3OS/c1-4-5-6-7-8-9(2)15-12(17)11-10(3)16-13(14)18-11/h9H,4-8H2,1-3H3,(H2,14,16)(H,15,17). The van der Waals surface area contributed by atoms with Crippen molar-refractivity contribution in [3.8, 4) is 0 Å². The van der Waals surface area contributed by atoms with Crippen molar-refractivity contribution in [2.24, 2.45) is 0 Å². The van der Waals surface area contributed by atoms with E-state index < -0.39 is 0 Å². The van der Waals surface area contributed by atoms with E-state index in [-0.39, 0.29) is 11.9 Å². The Morgan fingerprint density at radius 1 is 1.44 bits per heavy atom. The molecule has 18 heavy (non-hydrogen) atoms. The maximum atomic E-state index is 12.0. The van der Waals surface area contributed by atoms with E-state index in [2.05, 4.69) is 17.2 Å². The van der Waals surface area contributed by atoms with Gasteiger partial charge in [0.15, 0.2) is 5.13 Å². The van der Waals surface area contributed by atoms with Crippen LogP contribution in [0.5, 0.6) is 0 Å². The fourth-order valence-corrected chi connectivity index (χ4v) is 2.60. The fraction of sp³-hybridized carbons (Fsp3) is 0.692. The Morgan fingerprint density at radius 3 is 2.72 bits per heavy atom. The van der Waals surface area contributed by atoms with Crippen LogP contribution in [-0.4, -0.2) is 16.9 Å². The van der Waals surface area contributed by atoms with Crippen LogP contribution in [0.25, 0.3) is 0 Å². The number of nitrogen functional groups attached to an aromatic ring is 1. The van der Waals surface area contributed by atoms with Crippen LogP contribution in [0.2, 0.25) is 0 Å². The van der Waals surface area contributed by atoms with E-state index in [0.717, 1.165) is 6.42 Å². The molecule has 0 aromatic carbocycles. The van der Waals surface area contributed by atoms with Gasteiger partial charge in [0.1, 0.15) is 4.88 Å². The van der Waals surface area contributed by atoms with Crippen molar-refractivity contribution in [1.29, 1.82) is 0 Å². The molecular weight excluding hydrogens is 246 g/mol. The van der Waals surface area contributed by atoms with Crippen LogP contribution in [0, 0.1) is 6.92 Å². The maximum absolute atomic E-state index is 12.0. The minimum absolute atomic E-state index is 0.0512. The van der Waals surface area contributed by atoms with Crippen molar-refractivity contribution in [2.75, 3.05) is 5.73 Å². The van der Waals surface area contributed by atoms with Crippen LogP contribution in [0.3, 0.4) is 0 Å². The molecular formula is C13H23N3OS. The van der Waals surface area contributed by atoms with Gasteiger partial charge in [-0.15, -0.1) is 0 Å². The van der Waals surface area contributed by atoms with Crippen molar-refractivity contribution < 1.29 is 4.79 Å². The van der Waals surface area contributed by atoms with Crippen LogP contribution in [-0.2, 0) is 0 Å². The number of nitrogens with one attached hydrogen (secondary N) is 1. The van der Waals surface area contributed by atoms with Crippen molar-refractivity contribution in [2.45, 2.75) is 58.9 Å². The molecule has 4 nitrogen and oxygen atoms in total. The minimum Gasteiger partial charge on any atom is -0.375 e. The maximum Gasteiger partial charge on any atom is 0.263 e. The van der Waals surface area contributed by atoms with Crippen molar-refractivity contribution in [1.82, 2.24) is 10.3 Å². The van der Waals surface area contributed by atoms with Crippen molar-refractivity contribution in [3.63, 3.8) is 0 Å². The number of nitrogens with zero attached hydrogens (tertiary/aromatic N) is 1. The zero-order valence-corrected chi connectivity index (χ0v) is 12.3. The summed E-state index contributed by atoms with van der Waals surface area (Å²) in [5.41, 5.74) is 6.30. The van der Waals surface area contributed by atoms with E-state index in [0.29, 0.717) is 15.7 Å². The molecule has 0 aliphatic heterocycles. The first-order valence-corrected chi connectivity index (χ1v) is 7.40. The van der Waals surface area contributed by atoms with E-state index >= 15 is 0 Å². The summed E-state index contributed by atoms with van der Waals surface area (Å²) in [6.07, 6.45) is 5.94. The van der Waals surface area contributed by atoms with E-state index in [1.54, 1.807) is 0 Å². The van der Waals surface area contributed by atoms with E-state index in [1.807, 2.05) is 13.8 Å². The molecule has 0 spiro atoms. The molecule has 1 heterocycles. The number of amides is 1. The Bertz CT molecular complexity index is 390. The topological polar surface area (TPSA) is 68.0 Å². The highest BCUT2D eigenvalue weighted by molar-refractivity contribution is 7.17. The van der Waals surface area contributed by atoms with E-state index in [4.69, 9.17) is 5.73 Å². The molecule has 1 atom stereocenters. The van der Waals surface area contributed by atoms with Crippen molar-refractivity contribution in [3.05, 3.63) is 10.6 Å². The number of hydrogen-bond acceptors (Lipinski definition) is 4. The summed E-state index contributed by atoms with van der Waals surface area (Å²) in [6, 6.07) is 0.206.